The minimum atomic E-state index is 0.328. The van der Waals surface area contributed by atoms with Crippen molar-refractivity contribution >= 4 is 0 Å². The Morgan fingerprint density at radius 1 is 1.33 bits per heavy atom. The first kappa shape index (κ1) is 9.58. The summed E-state index contributed by atoms with van der Waals surface area (Å²) in [5, 5.41) is 8.98. The number of hydrogen-bond acceptors (Lipinski definition) is 1. The van der Waals surface area contributed by atoms with E-state index in [-0.39, 0.29) is 0 Å². The Morgan fingerprint density at radius 2 is 2.00 bits per heavy atom. The summed E-state index contributed by atoms with van der Waals surface area (Å²) >= 11 is 0. The van der Waals surface area contributed by atoms with Crippen LogP contribution in [0.15, 0.2) is 0 Å². The van der Waals surface area contributed by atoms with E-state index in [4.69, 9.17) is 5.26 Å². The molecule has 1 aliphatic rings. The van der Waals surface area contributed by atoms with E-state index >= 15 is 0 Å². The van der Waals surface area contributed by atoms with Gasteiger partial charge in [0.15, 0.2) is 0 Å². The Bertz CT molecular complexity index is 178. The molecule has 0 aromatic heterocycles. The monoisotopic (exact) mass is 165 g/mol. The number of nitrogens with zero attached hydrogens (tertiary/aromatic N) is 1. The minimum Gasteiger partial charge on any atom is -0.198 e. The Hall–Kier alpha value is -0.510. The maximum atomic E-state index is 8.98. The second-order valence-electron chi connectivity index (χ2n) is 4.56. The van der Waals surface area contributed by atoms with Crippen molar-refractivity contribution in [3.05, 3.63) is 0 Å². The van der Waals surface area contributed by atoms with Gasteiger partial charge in [0.2, 0.25) is 0 Å². The normalized spacial score (nSPS) is 36.4. The predicted molar refractivity (Wildman–Crippen MR) is 50.4 cm³/mol. The number of nitriles is 1. The van der Waals surface area contributed by atoms with Crippen molar-refractivity contribution in [2.75, 3.05) is 0 Å². The Labute approximate surface area is 75.8 Å². The Morgan fingerprint density at radius 3 is 2.50 bits per heavy atom. The van der Waals surface area contributed by atoms with Crippen molar-refractivity contribution < 1.29 is 0 Å². The maximum absolute atomic E-state index is 8.98. The van der Waals surface area contributed by atoms with Gasteiger partial charge >= 0.3 is 0 Å². The molecule has 3 atom stereocenters. The summed E-state index contributed by atoms with van der Waals surface area (Å²) in [6.45, 7) is 6.75. The summed E-state index contributed by atoms with van der Waals surface area (Å²) < 4.78 is 0. The second-order valence-corrected chi connectivity index (χ2v) is 4.56. The van der Waals surface area contributed by atoms with E-state index in [1.54, 1.807) is 0 Å². The van der Waals surface area contributed by atoms with Crippen molar-refractivity contribution in [2.45, 2.75) is 40.0 Å². The Kier molecular flexibility index (Phi) is 3.14. The molecule has 1 rings (SSSR count). The zero-order valence-corrected chi connectivity index (χ0v) is 8.38. The molecule has 12 heavy (non-hydrogen) atoms. The van der Waals surface area contributed by atoms with Gasteiger partial charge in [-0.2, -0.15) is 5.26 Å². The van der Waals surface area contributed by atoms with Crippen molar-refractivity contribution in [1.29, 1.82) is 5.26 Å². The van der Waals surface area contributed by atoms with Crippen LogP contribution in [-0.2, 0) is 0 Å². The van der Waals surface area contributed by atoms with E-state index in [0.717, 1.165) is 12.3 Å². The molecule has 0 aliphatic heterocycles. The van der Waals surface area contributed by atoms with Crippen molar-refractivity contribution in [2.24, 2.45) is 23.7 Å². The molecule has 1 nitrogen and oxygen atoms in total. The number of hydrogen-bond donors (Lipinski definition) is 0. The van der Waals surface area contributed by atoms with Gasteiger partial charge in [-0.15, -0.1) is 0 Å². The maximum Gasteiger partial charge on any atom is 0.0658 e. The lowest BCUT2D eigenvalue weighted by molar-refractivity contribution is 0.183. The zero-order chi connectivity index (χ0) is 9.14. The van der Waals surface area contributed by atoms with Gasteiger partial charge in [0.1, 0.15) is 0 Å². The van der Waals surface area contributed by atoms with Crippen LogP contribution in [0.1, 0.15) is 40.0 Å². The average molecular weight is 165 g/mol. The van der Waals surface area contributed by atoms with Gasteiger partial charge in [0, 0.05) is 5.92 Å². The first-order valence-corrected chi connectivity index (χ1v) is 5.04. The van der Waals surface area contributed by atoms with Crippen LogP contribution in [0, 0.1) is 35.0 Å². The summed E-state index contributed by atoms with van der Waals surface area (Å²) in [7, 11) is 0. The molecule has 1 saturated carbocycles. The molecule has 0 radical (unpaired) electrons. The smallest absolute Gasteiger partial charge is 0.0658 e. The largest absolute Gasteiger partial charge is 0.198 e. The molecule has 0 bridgehead atoms. The summed E-state index contributed by atoms with van der Waals surface area (Å²) in [5.74, 6) is 2.44. The summed E-state index contributed by atoms with van der Waals surface area (Å²) in [6.07, 6.45) is 3.71. The number of rotatable bonds is 1. The van der Waals surface area contributed by atoms with Crippen LogP contribution in [0.2, 0.25) is 0 Å². The molecule has 0 saturated heterocycles. The predicted octanol–water partition coefficient (Wildman–Crippen LogP) is 3.22. The minimum absolute atomic E-state index is 0.328. The van der Waals surface area contributed by atoms with Crippen molar-refractivity contribution in [3.63, 3.8) is 0 Å². The third-order valence-corrected chi connectivity index (χ3v) is 3.19. The van der Waals surface area contributed by atoms with Gasteiger partial charge in [-0.05, 0) is 30.6 Å². The fourth-order valence-electron chi connectivity index (χ4n) is 2.35. The first-order chi connectivity index (χ1) is 5.65. The van der Waals surface area contributed by atoms with E-state index in [1.807, 2.05) is 0 Å². The highest BCUT2D eigenvalue weighted by atomic mass is 14.4. The summed E-state index contributed by atoms with van der Waals surface area (Å²) in [5.41, 5.74) is 0. The highest BCUT2D eigenvalue weighted by Crippen LogP contribution is 2.37. The molecule has 0 amide bonds. The average Bonchev–Trinajstić information content (AvgIpc) is 2.03. The van der Waals surface area contributed by atoms with Gasteiger partial charge in [0.25, 0.3) is 0 Å². The van der Waals surface area contributed by atoms with Gasteiger partial charge in [0.05, 0.1) is 6.07 Å². The van der Waals surface area contributed by atoms with Crippen LogP contribution in [0.25, 0.3) is 0 Å². The van der Waals surface area contributed by atoms with Gasteiger partial charge in [-0.25, -0.2) is 0 Å². The molecule has 0 heterocycles. The SMILES string of the molecule is CC(C)[C@@H]1CC[C@@H](C)C[C@H]1C#N. The molecule has 0 aromatic carbocycles. The standard InChI is InChI=1S/C11H19N/c1-8(2)11-5-4-9(3)6-10(11)7-12/h8-11H,4-6H2,1-3H3/t9-,10+,11+/m1/s1. The summed E-state index contributed by atoms with van der Waals surface area (Å²) in [6, 6.07) is 2.47. The van der Waals surface area contributed by atoms with Crippen LogP contribution < -0.4 is 0 Å². The van der Waals surface area contributed by atoms with E-state index in [2.05, 4.69) is 26.8 Å². The molecule has 1 heteroatoms. The van der Waals surface area contributed by atoms with Crippen LogP contribution in [0.3, 0.4) is 0 Å². The quantitative estimate of drug-likeness (QED) is 0.585. The van der Waals surface area contributed by atoms with E-state index in [0.29, 0.717) is 17.8 Å². The molecule has 68 valence electrons. The highest BCUT2D eigenvalue weighted by molar-refractivity contribution is 4.93. The molecule has 0 unspecified atom stereocenters. The summed E-state index contributed by atoms with van der Waals surface area (Å²) in [4.78, 5) is 0. The van der Waals surface area contributed by atoms with E-state index in [1.165, 1.54) is 12.8 Å². The first-order valence-electron chi connectivity index (χ1n) is 5.04. The van der Waals surface area contributed by atoms with Crippen LogP contribution in [0.5, 0.6) is 0 Å². The second kappa shape index (κ2) is 3.94. The third kappa shape index (κ3) is 2.00. The fourth-order valence-corrected chi connectivity index (χ4v) is 2.35. The molecule has 0 N–H and O–H groups in total. The molecule has 1 fully saturated rings. The van der Waals surface area contributed by atoms with Crippen LogP contribution in [0.4, 0.5) is 0 Å². The van der Waals surface area contributed by atoms with Gasteiger partial charge in [-0.1, -0.05) is 27.2 Å². The van der Waals surface area contributed by atoms with Gasteiger partial charge < -0.3 is 0 Å². The van der Waals surface area contributed by atoms with Crippen molar-refractivity contribution in [1.82, 2.24) is 0 Å². The lowest BCUT2D eigenvalue weighted by Gasteiger charge is -2.33. The molecular weight excluding hydrogens is 146 g/mol. The molecular formula is C11H19N. The highest BCUT2D eigenvalue weighted by Gasteiger charge is 2.30. The molecule has 0 spiro atoms. The zero-order valence-electron chi connectivity index (χ0n) is 8.38. The van der Waals surface area contributed by atoms with E-state index in [9.17, 15) is 0 Å². The fraction of sp³-hybridized carbons (Fsp3) is 0.909. The van der Waals surface area contributed by atoms with Gasteiger partial charge in [-0.3, -0.25) is 0 Å². The van der Waals surface area contributed by atoms with Crippen molar-refractivity contribution in [3.8, 4) is 6.07 Å². The van der Waals surface area contributed by atoms with Crippen LogP contribution >= 0.6 is 0 Å². The topological polar surface area (TPSA) is 23.8 Å². The van der Waals surface area contributed by atoms with Crippen LogP contribution in [-0.4, -0.2) is 0 Å². The van der Waals surface area contributed by atoms with E-state index < -0.39 is 0 Å². The lowest BCUT2D eigenvalue weighted by atomic mass is 9.71. The Balaban J connectivity index is 2.58. The molecule has 0 aromatic rings. The lowest BCUT2D eigenvalue weighted by Crippen LogP contribution is -2.26. The molecule has 1 aliphatic carbocycles. The third-order valence-electron chi connectivity index (χ3n) is 3.19.